The molecular formula is C21H26ClN3O2. The van der Waals surface area contributed by atoms with E-state index in [1.54, 1.807) is 19.4 Å². The fourth-order valence-corrected chi connectivity index (χ4v) is 3.74. The maximum absolute atomic E-state index is 13.3. The first kappa shape index (κ1) is 19.6. The highest BCUT2D eigenvalue weighted by molar-refractivity contribution is 6.30. The molecule has 1 atom stereocenters. The fourth-order valence-electron chi connectivity index (χ4n) is 3.55. The molecule has 1 amide bonds. The molecule has 0 spiro atoms. The normalized spacial score (nSPS) is 17.2. The summed E-state index contributed by atoms with van der Waals surface area (Å²) >= 11 is 6.14. The van der Waals surface area contributed by atoms with Crippen LogP contribution in [0.1, 0.15) is 30.5 Å². The topological polar surface area (TPSA) is 54.5 Å². The summed E-state index contributed by atoms with van der Waals surface area (Å²) in [7, 11) is 1.61. The molecule has 1 unspecified atom stereocenters. The summed E-state index contributed by atoms with van der Waals surface area (Å²) in [6.45, 7) is 2.45. The lowest BCUT2D eigenvalue weighted by molar-refractivity contribution is -0.133. The molecule has 1 aliphatic heterocycles. The van der Waals surface area contributed by atoms with Crippen LogP contribution in [0.25, 0.3) is 0 Å². The van der Waals surface area contributed by atoms with Crippen LogP contribution in [0.15, 0.2) is 42.6 Å². The highest BCUT2D eigenvalue weighted by atomic mass is 35.5. The molecule has 0 bridgehead atoms. The number of rotatable bonds is 6. The average Bonchev–Trinajstić information content (AvgIpc) is 2.96. The Balaban J connectivity index is 1.82. The van der Waals surface area contributed by atoms with Gasteiger partial charge in [-0.25, -0.2) is 0 Å². The van der Waals surface area contributed by atoms with E-state index in [-0.39, 0.29) is 18.4 Å². The van der Waals surface area contributed by atoms with Crippen LogP contribution < -0.4 is 10.1 Å². The van der Waals surface area contributed by atoms with Crippen molar-refractivity contribution < 1.29 is 9.53 Å². The number of benzene rings is 1. The average molecular weight is 388 g/mol. The van der Waals surface area contributed by atoms with Crippen LogP contribution in [0, 0.1) is 0 Å². The summed E-state index contributed by atoms with van der Waals surface area (Å²) in [5, 5.41) is 4.02. The number of amides is 1. The van der Waals surface area contributed by atoms with Crippen LogP contribution >= 0.6 is 11.6 Å². The summed E-state index contributed by atoms with van der Waals surface area (Å²) in [5.41, 5.74) is 1.72. The molecule has 5 nitrogen and oxygen atoms in total. The van der Waals surface area contributed by atoms with Gasteiger partial charge in [0.25, 0.3) is 0 Å². The number of hydrogen-bond donors (Lipinski definition) is 1. The van der Waals surface area contributed by atoms with Gasteiger partial charge in [0, 0.05) is 22.8 Å². The SMILES string of the molecule is COc1ccc(Cl)cc1CC(=O)N(Cc1ccccn1)C1CCCNCC1. The molecule has 0 radical (unpaired) electrons. The van der Waals surface area contributed by atoms with Gasteiger partial charge in [0.1, 0.15) is 5.75 Å². The van der Waals surface area contributed by atoms with Gasteiger partial charge in [0.05, 0.1) is 25.8 Å². The number of carbonyl (C=O) groups excluding carboxylic acids is 1. The molecule has 2 aromatic rings. The van der Waals surface area contributed by atoms with Crippen molar-refractivity contribution in [2.45, 2.75) is 38.3 Å². The van der Waals surface area contributed by atoms with Gasteiger partial charge in [-0.3, -0.25) is 9.78 Å². The number of ether oxygens (including phenoxy) is 1. The van der Waals surface area contributed by atoms with E-state index in [9.17, 15) is 4.79 Å². The van der Waals surface area contributed by atoms with Crippen molar-refractivity contribution in [3.63, 3.8) is 0 Å². The predicted molar refractivity (Wildman–Crippen MR) is 107 cm³/mol. The van der Waals surface area contributed by atoms with Crippen molar-refractivity contribution in [1.82, 2.24) is 15.2 Å². The molecule has 1 aromatic carbocycles. The Kier molecular flexibility index (Phi) is 7.07. The summed E-state index contributed by atoms with van der Waals surface area (Å²) in [6.07, 6.45) is 5.05. The number of carbonyl (C=O) groups is 1. The zero-order valence-electron chi connectivity index (χ0n) is 15.7. The van der Waals surface area contributed by atoms with Crippen molar-refractivity contribution >= 4 is 17.5 Å². The third-order valence-electron chi connectivity index (χ3n) is 4.95. The monoisotopic (exact) mass is 387 g/mol. The van der Waals surface area contributed by atoms with Gasteiger partial charge < -0.3 is 15.0 Å². The maximum atomic E-state index is 13.3. The summed E-state index contributed by atoms with van der Waals surface area (Å²) in [4.78, 5) is 19.7. The summed E-state index contributed by atoms with van der Waals surface area (Å²) < 4.78 is 5.41. The number of pyridine rings is 1. The Hall–Kier alpha value is -2.11. The van der Waals surface area contributed by atoms with Crippen molar-refractivity contribution in [3.8, 4) is 5.75 Å². The second-order valence-corrected chi connectivity index (χ2v) is 7.25. The van der Waals surface area contributed by atoms with Crippen LogP contribution in [-0.4, -0.2) is 42.0 Å². The molecule has 27 heavy (non-hydrogen) atoms. The van der Waals surface area contributed by atoms with E-state index in [0.717, 1.165) is 43.6 Å². The number of nitrogens with zero attached hydrogens (tertiary/aromatic N) is 2. The van der Waals surface area contributed by atoms with Crippen molar-refractivity contribution in [1.29, 1.82) is 0 Å². The standard InChI is InChI=1S/C21H26ClN3O2/c1-27-20-8-7-17(22)13-16(20)14-21(26)25(15-18-5-2-3-11-24-18)19-6-4-10-23-12-9-19/h2-3,5,7-8,11,13,19,23H,4,6,9-10,12,14-15H2,1H3. The van der Waals surface area contributed by atoms with E-state index in [0.29, 0.717) is 17.3 Å². The largest absolute Gasteiger partial charge is 0.496 e. The van der Waals surface area contributed by atoms with E-state index in [2.05, 4.69) is 10.3 Å². The number of halogens is 1. The van der Waals surface area contributed by atoms with E-state index < -0.39 is 0 Å². The molecule has 1 N–H and O–H groups in total. The smallest absolute Gasteiger partial charge is 0.227 e. The van der Waals surface area contributed by atoms with Crippen molar-refractivity contribution in [2.24, 2.45) is 0 Å². The fraction of sp³-hybridized carbons (Fsp3) is 0.429. The highest BCUT2D eigenvalue weighted by Gasteiger charge is 2.26. The zero-order valence-corrected chi connectivity index (χ0v) is 16.4. The number of aromatic nitrogens is 1. The minimum Gasteiger partial charge on any atom is -0.496 e. The second-order valence-electron chi connectivity index (χ2n) is 6.81. The Bertz CT molecular complexity index is 746. The molecular weight excluding hydrogens is 362 g/mol. The third kappa shape index (κ3) is 5.44. The highest BCUT2D eigenvalue weighted by Crippen LogP contribution is 2.25. The summed E-state index contributed by atoms with van der Waals surface area (Å²) in [6, 6.07) is 11.4. The molecule has 144 valence electrons. The molecule has 1 saturated heterocycles. The lowest BCUT2D eigenvalue weighted by Gasteiger charge is -2.31. The lowest BCUT2D eigenvalue weighted by atomic mass is 10.0. The molecule has 6 heteroatoms. The van der Waals surface area contributed by atoms with E-state index in [1.165, 1.54) is 0 Å². The molecule has 2 heterocycles. The van der Waals surface area contributed by atoms with Gasteiger partial charge in [0.2, 0.25) is 5.91 Å². The van der Waals surface area contributed by atoms with Crippen LogP contribution in [0.4, 0.5) is 0 Å². The maximum Gasteiger partial charge on any atom is 0.227 e. The quantitative estimate of drug-likeness (QED) is 0.824. The third-order valence-corrected chi connectivity index (χ3v) is 5.18. The van der Waals surface area contributed by atoms with Gasteiger partial charge in [-0.05, 0) is 62.7 Å². The van der Waals surface area contributed by atoms with Gasteiger partial charge >= 0.3 is 0 Å². The Morgan fingerprint density at radius 1 is 1.30 bits per heavy atom. The minimum absolute atomic E-state index is 0.0770. The minimum atomic E-state index is 0.0770. The van der Waals surface area contributed by atoms with Crippen LogP contribution in [0.2, 0.25) is 5.02 Å². The number of hydrogen-bond acceptors (Lipinski definition) is 4. The Labute approximate surface area is 165 Å². The lowest BCUT2D eigenvalue weighted by Crippen LogP contribution is -2.41. The number of nitrogens with one attached hydrogen (secondary N) is 1. The first-order valence-corrected chi connectivity index (χ1v) is 9.77. The molecule has 0 saturated carbocycles. The molecule has 1 aromatic heterocycles. The van der Waals surface area contributed by atoms with Gasteiger partial charge in [-0.1, -0.05) is 17.7 Å². The zero-order chi connectivity index (χ0) is 19.1. The predicted octanol–water partition coefficient (Wildman–Crippen LogP) is 3.46. The Morgan fingerprint density at radius 2 is 2.19 bits per heavy atom. The first-order valence-electron chi connectivity index (χ1n) is 9.40. The van der Waals surface area contributed by atoms with Crippen LogP contribution in [0.5, 0.6) is 5.75 Å². The van der Waals surface area contributed by atoms with E-state index >= 15 is 0 Å². The first-order chi connectivity index (χ1) is 13.2. The van der Waals surface area contributed by atoms with Crippen LogP contribution in [-0.2, 0) is 17.8 Å². The van der Waals surface area contributed by atoms with E-state index in [1.807, 2.05) is 35.2 Å². The molecule has 3 rings (SSSR count). The van der Waals surface area contributed by atoms with E-state index in [4.69, 9.17) is 16.3 Å². The van der Waals surface area contributed by atoms with Gasteiger partial charge in [-0.15, -0.1) is 0 Å². The second kappa shape index (κ2) is 9.72. The molecule has 0 aliphatic carbocycles. The van der Waals surface area contributed by atoms with Crippen LogP contribution in [0.3, 0.4) is 0 Å². The Morgan fingerprint density at radius 3 is 2.96 bits per heavy atom. The van der Waals surface area contributed by atoms with Crippen molar-refractivity contribution in [3.05, 3.63) is 58.9 Å². The van der Waals surface area contributed by atoms with Gasteiger partial charge in [0.15, 0.2) is 0 Å². The molecule has 1 aliphatic rings. The van der Waals surface area contributed by atoms with Crippen molar-refractivity contribution in [2.75, 3.05) is 20.2 Å². The van der Waals surface area contributed by atoms with Gasteiger partial charge in [-0.2, -0.15) is 0 Å². The molecule has 1 fully saturated rings. The number of methoxy groups -OCH3 is 1. The summed E-state index contributed by atoms with van der Waals surface area (Å²) in [5.74, 6) is 0.765.